The van der Waals surface area contributed by atoms with E-state index in [1.54, 1.807) is 29.2 Å². The lowest BCUT2D eigenvalue weighted by atomic mass is 10.00. The number of fused-ring (bicyclic) bond motifs is 1. The summed E-state index contributed by atoms with van der Waals surface area (Å²) in [6, 6.07) is 19.7. The summed E-state index contributed by atoms with van der Waals surface area (Å²) in [7, 11) is 1.34. The van der Waals surface area contributed by atoms with E-state index < -0.39 is 12.0 Å². The molecule has 7 heteroatoms. The summed E-state index contributed by atoms with van der Waals surface area (Å²) < 4.78 is 10.6. The molecular formula is C31H34N2O5. The lowest BCUT2D eigenvalue weighted by Gasteiger charge is -2.28. The Morgan fingerprint density at radius 3 is 2.29 bits per heavy atom. The van der Waals surface area contributed by atoms with Gasteiger partial charge in [-0.05, 0) is 71.5 Å². The fraction of sp³-hybridized carbons (Fsp3) is 0.323. The highest BCUT2D eigenvalue weighted by molar-refractivity contribution is 6.04. The molecule has 3 aromatic carbocycles. The highest BCUT2D eigenvalue weighted by Crippen LogP contribution is 2.32. The lowest BCUT2D eigenvalue weighted by Crippen LogP contribution is -2.45. The zero-order valence-corrected chi connectivity index (χ0v) is 22.3. The number of esters is 1. The van der Waals surface area contributed by atoms with E-state index >= 15 is 0 Å². The molecule has 2 amide bonds. The van der Waals surface area contributed by atoms with Gasteiger partial charge in [-0.25, -0.2) is 4.79 Å². The third kappa shape index (κ3) is 5.88. The first-order valence-electron chi connectivity index (χ1n) is 13.0. The van der Waals surface area contributed by atoms with Crippen LogP contribution in [-0.2, 0) is 16.1 Å². The van der Waals surface area contributed by atoms with E-state index in [-0.39, 0.29) is 17.7 Å². The number of unbranched alkanes of at least 4 members (excludes halogenated alkanes) is 1. The third-order valence-electron chi connectivity index (χ3n) is 6.71. The fourth-order valence-corrected chi connectivity index (χ4v) is 4.59. The van der Waals surface area contributed by atoms with Gasteiger partial charge in [-0.15, -0.1) is 0 Å². The smallest absolute Gasteiger partial charge is 0.328 e. The monoisotopic (exact) mass is 514 g/mol. The average molecular weight is 515 g/mol. The van der Waals surface area contributed by atoms with Gasteiger partial charge in [0.1, 0.15) is 11.8 Å². The zero-order valence-electron chi connectivity index (χ0n) is 22.3. The normalized spacial score (nSPS) is 13.3. The Morgan fingerprint density at radius 1 is 0.974 bits per heavy atom. The molecule has 0 unspecified atom stereocenters. The van der Waals surface area contributed by atoms with Crippen molar-refractivity contribution in [3.63, 3.8) is 0 Å². The van der Waals surface area contributed by atoms with Crippen molar-refractivity contribution in [3.8, 4) is 16.9 Å². The highest BCUT2D eigenvalue weighted by atomic mass is 16.5. The molecule has 1 heterocycles. The number of hydrogen-bond acceptors (Lipinski definition) is 5. The molecule has 198 valence electrons. The van der Waals surface area contributed by atoms with E-state index in [0.29, 0.717) is 30.0 Å². The van der Waals surface area contributed by atoms with Crippen LogP contribution < -0.4 is 10.1 Å². The minimum absolute atomic E-state index is 0.0694. The van der Waals surface area contributed by atoms with Crippen molar-refractivity contribution in [1.29, 1.82) is 0 Å². The highest BCUT2D eigenvalue weighted by Gasteiger charge is 2.38. The average Bonchev–Trinajstić information content (AvgIpc) is 3.24. The largest absolute Gasteiger partial charge is 0.494 e. The molecule has 1 aliphatic rings. The predicted octanol–water partition coefficient (Wildman–Crippen LogP) is 5.94. The number of carbonyl (C=O) groups is 3. The van der Waals surface area contributed by atoms with Crippen LogP contribution in [0, 0.1) is 5.92 Å². The number of methoxy groups -OCH3 is 1. The van der Waals surface area contributed by atoms with Gasteiger partial charge in [0.05, 0.1) is 13.7 Å². The van der Waals surface area contributed by atoms with E-state index in [0.717, 1.165) is 35.3 Å². The zero-order chi connectivity index (χ0) is 27.2. The molecule has 0 aromatic heterocycles. The number of rotatable bonds is 10. The van der Waals surface area contributed by atoms with Crippen molar-refractivity contribution in [1.82, 2.24) is 4.90 Å². The molecule has 1 N–H and O–H groups in total. The molecule has 3 aromatic rings. The first kappa shape index (κ1) is 26.9. The summed E-state index contributed by atoms with van der Waals surface area (Å²) in [5.41, 5.74) is 4.50. The molecule has 1 aliphatic heterocycles. The second-order valence-electron chi connectivity index (χ2n) is 9.77. The summed E-state index contributed by atoms with van der Waals surface area (Å²) in [6.07, 6.45) is 2.06. The summed E-state index contributed by atoms with van der Waals surface area (Å²) in [5, 5.41) is 2.92. The Bertz CT molecular complexity index is 1300. The van der Waals surface area contributed by atoms with E-state index in [2.05, 4.69) is 12.2 Å². The second-order valence-corrected chi connectivity index (χ2v) is 9.77. The van der Waals surface area contributed by atoms with Crippen LogP contribution in [0.5, 0.6) is 5.75 Å². The Hall–Kier alpha value is -4.13. The SMILES string of the molecule is CCCCOc1ccc(C(=O)Nc2ccc(-c3ccc4c(c3)C(=O)N([C@H](C(=O)OC)C(C)C)C4)cc2)cc1. The van der Waals surface area contributed by atoms with Crippen molar-refractivity contribution in [2.45, 2.75) is 46.2 Å². The van der Waals surface area contributed by atoms with E-state index in [9.17, 15) is 14.4 Å². The van der Waals surface area contributed by atoms with E-state index in [4.69, 9.17) is 9.47 Å². The molecule has 0 saturated carbocycles. The summed E-state index contributed by atoms with van der Waals surface area (Å²) in [6.45, 7) is 6.96. The molecule has 7 nitrogen and oxygen atoms in total. The maximum atomic E-state index is 13.2. The summed E-state index contributed by atoms with van der Waals surface area (Å²) in [5.74, 6) is -0.0985. The molecule has 0 bridgehead atoms. The van der Waals surface area contributed by atoms with Crippen molar-refractivity contribution in [2.24, 2.45) is 5.92 Å². The maximum absolute atomic E-state index is 13.2. The van der Waals surface area contributed by atoms with Crippen LogP contribution in [0.1, 0.15) is 59.9 Å². The van der Waals surface area contributed by atoms with Gasteiger partial charge in [-0.1, -0.05) is 51.5 Å². The van der Waals surface area contributed by atoms with Crippen LogP contribution in [0.25, 0.3) is 11.1 Å². The molecule has 0 aliphatic carbocycles. The number of ether oxygens (including phenoxy) is 2. The van der Waals surface area contributed by atoms with Crippen molar-refractivity contribution >= 4 is 23.5 Å². The third-order valence-corrected chi connectivity index (χ3v) is 6.71. The number of carbonyl (C=O) groups excluding carboxylic acids is 3. The number of benzene rings is 3. The number of nitrogens with one attached hydrogen (secondary N) is 1. The number of amides is 2. The van der Waals surface area contributed by atoms with Gasteiger partial charge < -0.3 is 19.7 Å². The molecule has 38 heavy (non-hydrogen) atoms. The second kappa shape index (κ2) is 11.9. The quantitative estimate of drug-likeness (QED) is 0.267. The van der Waals surface area contributed by atoms with Gasteiger partial charge in [0.15, 0.2) is 0 Å². The minimum atomic E-state index is -0.629. The maximum Gasteiger partial charge on any atom is 0.328 e. The van der Waals surface area contributed by atoms with Gasteiger partial charge in [-0.2, -0.15) is 0 Å². The number of nitrogens with zero attached hydrogens (tertiary/aromatic N) is 1. The molecule has 0 spiro atoms. The lowest BCUT2D eigenvalue weighted by molar-refractivity contribution is -0.147. The summed E-state index contributed by atoms with van der Waals surface area (Å²) >= 11 is 0. The van der Waals surface area contributed by atoms with Gasteiger partial charge in [0.25, 0.3) is 11.8 Å². The predicted molar refractivity (Wildman–Crippen MR) is 147 cm³/mol. The Morgan fingerprint density at radius 2 is 1.66 bits per heavy atom. The molecule has 4 rings (SSSR count). The first-order chi connectivity index (χ1) is 18.3. The van der Waals surface area contributed by atoms with Crippen LogP contribution in [0.3, 0.4) is 0 Å². The van der Waals surface area contributed by atoms with Crippen LogP contribution >= 0.6 is 0 Å². The Labute approximate surface area is 223 Å². The van der Waals surface area contributed by atoms with E-state index in [1.165, 1.54) is 7.11 Å². The van der Waals surface area contributed by atoms with Gasteiger partial charge in [0, 0.05) is 23.4 Å². The first-order valence-corrected chi connectivity index (χ1v) is 13.0. The van der Waals surface area contributed by atoms with Gasteiger partial charge in [-0.3, -0.25) is 9.59 Å². The van der Waals surface area contributed by atoms with E-state index in [1.807, 2.05) is 56.3 Å². The number of hydrogen-bond donors (Lipinski definition) is 1. The van der Waals surface area contributed by atoms with Crippen LogP contribution in [0.2, 0.25) is 0 Å². The molecular weight excluding hydrogens is 480 g/mol. The standard InChI is InChI=1S/C31H34N2O5/c1-5-6-17-38-26-15-11-22(12-16-26)29(34)32-25-13-9-21(10-14-25)23-7-8-24-19-33(30(35)27(24)18-23)28(20(2)3)31(36)37-4/h7-16,18,20,28H,5-6,17,19H2,1-4H3,(H,32,34)/t28-/m0/s1. The molecule has 1 atom stereocenters. The topological polar surface area (TPSA) is 84.9 Å². The number of anilines is 1. The molecule has 0 radical (unpaired) electrons. The minimum Gasteiger partial charge on any atom is -0.494 e. The van der Waals surface area contributed by atoms with Crippen LogP contribution in [0.4, 0.5) is 5.69 Å². The Balaban J connectivity index is 1.43. The fourth-order valence-electron chi connectivity index (χ4n) is 4.59. The van der Waals surface area contributed by atoms with Crippen LogP contribution in [-0.4, -0.2) is 42.4 Å². The van der Waals surface area contributed by atoms with Gasteiger partial charge >= 0.3 is 5.97 Å². The molecule has 0 saturated heterocycles. The van der Waals surface area contributed by atoms with Crippen molar-refractivity contribution < 1.29 is 23.9 Å². The van der Waals surface area contributed by atoms with Crippen molar-refractivity contribution in [3.05, 3.63) is 83.4 Å². The van der Waals surface area contributed by atoms with Crippen LogP contribution in [0.15, 0.2) is 66.7 Å². The summed E-state index contributed by atoms with van der Waals surface area (Å²) in [4.78, 5) is 39.8. The molecule has 0 fully saturated rings. The van der Waals surface area contributed by atoms with Crippen molar-refractivity contribution in [2.75, 3.05) is 19.0 Å². The van der Waals surface area contributed by atoms with Gasteiger partial charge in [0.2, 0.25) is 0 Å². The Kier molecular flexibility index (Phi) is 8.46.